The number of fused-ring (bicyclic) bond motifs is 1. The number of Topliss-reactive ketones (excluding diaryl/α,β-unsaturated/α-hetero) is 1. The molecule has 3 aromatic heterocycles. The summed E-state index contributed by atoms with van der Waals surface area (Å²) in [6.07, 6.45) is 5.80. The number of hydrogen-bond donors (Lipinski definition) is 7. The number of anilines is 8. The molecule has 35 heteroatoms. The summed E-state index contributed by atoms with van der Waals surface area (Å²) >= 11 is 2.57. The summed E-state index contributed by atoms with van der Waals surface area (Å²) in [4.78, 5) is 82.9. The Morgan fingerprint density at radius 3 is 1.84 bits per heavy atom. The second kappa shape index (κ2) is 31.3. The average molecular weight is 1430 g/mol. The van der Waals surface area contributed by atoms with Crippen LogP contribution in [0, 0.1) is 22.7 Å². The van der Waals surface area contributed by atoms with E-state index in [1.54, 1.807) is 36.4 Å². The predicted octanol–water partition coefficient (Wildman–Crippen LogP) is 11.5. The van der Waals surface area contributed by atoms with E-state index in [1.807, 2.05) is 43.6 Å². The molecule has 4 aromatic carbocycles. The first-order valence-corrected chi connectivity index (χ1v) is 35.7. The first-order chi connectivity index (χ1) is 46.9. The molecule has 1 atom stereocenters. The van der Waals surface area contributed by atoms with Crippen LogP contribution in [0.4, 0.5) is 67.4 Å². The van der Waals surface area contributed by atoms with Gasteiger partial charge in [-0.2, -0.15) is 33.9 Å². The monoisotopic (exact) mass is 1430 g/mol. The molecule has 1 aliphatic carbocycles. The molecule has 98 heavy (non-hydrogen) atoms. The zero-order chi connectivity index (χ0) is 70.8. The van der Waals surface area contributed by atoms with E-state index in [4.69, 9.17) is 40.6 Å². The van der Waals surface area contributed by atoms with Crippen LogP contribution >= 0.6 is 34.4 Å². The quantitative estimate of drug-likeness (QED) is 0.00787. The third-order valence-electron chi connectivity index (χ3n) is 15.4. The molecule has 9 N–H and O–H groups in total. The number of ketones is 1. The summed E-state index contributed by atoms with van der Waals surface area (Å²) < 4.78 is 82.3. The van der Waals surface area contributed by atoms with Crippen molar-refractivity contribution in [3.05, 3.63) is 105 Å². The molecule has 9 rings (SSSR count). The van der Waals surface area contributed by atoms with Gasteiger partial charge in [-0.1, -0.05) is 43.2 Å². The van der Waals surface area contributed by atoms with Crippen molar-refractivity contribution < 1.29 is 59.6 Å². The lowest BCUT2D eigenvalue weighted by Crippen LogP contribution is -2.29. The molecule has 30 nitrogen and oxygen atoms in total. The van der Waals surface area contributed by atoms with Gasteiger partial charge in [0.25, 0.3) is 21.1 Å². The number of amides is 3. The summed E-state index contributed by atoms with van der Waals surface area (Å²) in [7, 11) is -7.47. The van der Waals surface area contributed by atoms with E-state index in [2.05, 4.69) is 41.7 Å². The van der Waals surface area contributed by atoms with Crippen molar-refractivity contribution in [2.24, 2.45) is 31.9 Å². The van der Waals surface area contributed by atoms with Gasteiger partial charge >= 0.3 is 0 Å². The Kier molecular flexibility index (Phi) is 23.0. The molecular formula is C63H65N17O13S5. The highest BCUT2D eigenvalue weighted by Crippen LogP contribution is 2.48. The van der Waals surface area contributed by atoms with Gasteiger partial charge in [0.05, 0.1) is 41.8 Å². The number of thiophene rings is 2. The number of hydrogen-bond acceptors (Lipinski definition) is 29. The van der Waals surface area contributed by atoms with Gasteiger partial charge in [0.2, 0.25) is 33.5 Å². The second-order valence-electron chi connectivity index (χ2n) is 21.5. The van der Waals surface area contributed by atoms with Gasteiger partial charge in [-0.15, -0.1) is 43.1 Å². The lowest BCUT2D eigenvalue weighted by atomic mass is 10.0. The van der Waals surface area contributed by atoms with Gasteiger partial charge < -0.3 is 51.0 Å². The molecule has 510 valence electrons. The average Bonchev–Trinajstić information content (AvgIpc) is 1.32. The van der Waals surface area contributed by atoms with Crippen LogP contribution in [0.5, 0.6) is 17.2 Å². The van der Waals surface area contributed by atoms with Crippen molar-refractivity contribution in [3.63, 3.8) is 0 Å². The molecule has 2 aliphatic rings. The topological polar surface area (TPSA) is 444 Å². The number of nitrogens with one attached hydrogen (secondary N) is 4. The Balaban J connectivity index is 1.15. The number of ether oxygens (including phenoxy) is 3. The highest BCUT2D eigenvalue weighted by Gasteiger charge is 2.43. The van der Waals surface area contributed by atoms with E-state index in [-0.39, 0.29) is 78.6 Å². The van der Waals surface area contributed by atoms with Crippen molar-refractivity contribution in [2.75, 3.05) is 78.2 Å². The normalized spacial score (nSPS) is 13.9. The molecule has 4 heterocycles. The maximum Gasteiger partial charge on any atom is 0.297 e. The lowest BCUT2D eigenvalue weighted by Gasteiger charge is -2.25. The Hall–Kier alpha value is -10.3. The summed E-state index contributed by atoms with van der Waals surface area (Å²) in [5.74, 6) is -4.93. The number of carbonyl (C=O) groups is 5. The highest BCUT2D eigenvalue weighted by molar-refractivity contribution is 8.07. The molecule has 0 spiro atoms. The van der Waals surface area contributed by atoms with Crippen LogP contribution in [0.3, 0.4) is 0 Å². The molecule has 0 saturated heterocycles. The highest BCUT2D eigenvalue weighted by atomic mass is 32.2. The van der Waals surface area contributed by atoms with Crippen molar-refractivity contribution in [3.8, 4) is 29.4 Å². The number of benzene rings is 4. The molecule has 3 amide bonds. The number of primary amides is 1. The Labute approximate surface area is 575 Å². The van der Waals surface area contributed by atoms with Crippen molar-refractivity contribution in [1.29, 1.82) is 10.5 Å². The van der Waals surface area contributed by atoms with Gasteiger partial charge in [0.1, 0.15) is 85.7 Å². The number of aromatic nitrogens is 3. The predicted molar refractivity (Wildman–Crippen MR) is 370 cm³/mol. The summed E-state index contributed by atoms with van der Waals surface area (Å²) in [6, 6.07) is 21.6. The zero-order valence-corrected chi connectivity index (χ0v) is 57.8. The molecule has 0 radical (unpaired) electrons. The SMILES string of the molecule is CCN(CC)c1cc(Nc2nc(Nc3cc(N(CC)CC)c(OC)cc3N=Nc3sc4c(c3C#N)S(=O)(=O)C(=O)C(C(=O)Nc3cccc(OCN)c3)=C4)nc(SC3CCCCC3)n2)c(N=Nc2sc(C(C(C)=O)C(=O)Nc3cccc(C(N)=O)c3)c(S(=O)(=O)O)c2C#N)cc1OC. The fourth-order valence-electron chi connectivity index (χ4n) is 10.7. The van der Waals surface area contributed by atoms with Crippen LogP contribution in [0.1, 0.15) is 104 Å². The summed E-state index contributed by atoms with van der Waals surface area (Å²) in [5, 5.41) is 48.7. The van der Waals surface area contributed by atoms with Crippen molar-refractivity contribution in [2.45, 2.75) is 92.8 Å². The number of methoxy groups -OCH3 is 2. The minimum atomic E-state index is -5.37. The van der Waals surface area contributed by atoms with Crippen LogP contribution in [-0.4, -0.2) is 117 Å². The maximum atomic E-state index is 14.0. The number of sulfone groups is 1. The van der Waals surface area contributed by atoms with E-state index >= 15 is 0 Å². The van der Waals surface area contributed by atoms with Crippen molar-refractivity contribution >= 4 is 156 Å². The fourth-order valence-corrected chi connectivity index (χ4v) is 17.1. The van der Waals surface area contributed by atoms with Gasteiger partial charge in [0.15, 0.2) is 15.2 Å². The second-order valence-corrected chi connectivity index (χ2v) is 28.0. The molecule has 7 aromatic rings. The first kappa shape index (κ1) is 72.0. The number of azo groups is 2. The van der Waals surface area contributed by atoms with Crippen LogP contribution in [0.2, 0.25) is 0 Å². The van der Waals surface area contributed by atoms with Crippen LogP contribution < -0.4 is 56.7 Å². The molecular weight excluding hydrogens is 1360 g/mol. The van der Waals surface area contributed by atoms with E-state index in [0.29, 0.717) is 77.5 Å². The van der Waals surface area contributed by atoms with Crippen LogP contribution in [-0.2, 0) is 39.1 Å². The lowest BCUT2D eigenvalue weighted by molar-refractivity contribution is -0.126. The maximum absolute atomic E-state index is 14.0. The van der Waals surface area contributed by atoms with Crippen LogP contribution in [0.15, 0.2) is 114 Å². The zero-order valence-electron chi connectivity index (χ0n) is 53.7. The molecule has 1 unspecified atom stereocenters. The minimum Gasteiger partial charge on any atom is -0.494 e. The summed E-state index contributed by atoms with van der Waals surface area (Å²) in [6.45, 7) is 10.6. The fraction of sp³-hybridized carbons (Fsp3) is 0.302. The van der Waals surface area contributed by atoms with Crippen LogP contribution in [0.25, 0.3) is 6.08 Å². The summed E-state index contributed by atoms with van der Waals surface area (Å²) in [5.41, 5.74) is 10.8. The largest absolute Gasteiger partial charge is 0.494 e. The molecule has 1 aliphatic heterocycles. The first-order valence-electron chi connectivity index (χ1n) is 30.2. The number of carbonyl (C=O) groups excluding carboxylic acids is 5. The molecule has 0 bridgehead atoms. The van der Waals surface area contributed by atoms with Gasteiger partial charge in [0, 0.05) is 71.4 Å². The third-order valence-corrected chi connectivity index (χ3v) is 21.6. The number of thioether (sulfide) groups is 1. The Morgan fingerprint density at radius 2 is 1.33 bits per heavy atom. The number of rotatable bonds is 28. The number of nitrogens with zero attached hydrogens (tertiary/aromatic N) is 11. The molecule has 1 fully saturated rings. The standard InChI is InChI=1S/C63H65N17O13S5/c1-8-79(9-2)46-26-42(44(28-48(46)91-6)75-77-58-40(30-64)53-50(95-58)25-39(60(85)97(53,86)87)56(83)68-36-19-16-20-37(24-36)93-32-66)70-61-72-62(74-63(73-61)94-38-21-13-12-14-22-38)71-43-27-47(80(10-3)11-4)49(92-7)29-45(43)76-78-59-41(31-65)54(98(88,89)90)52(96-59)51(33(5)81)57(84)69-35-18-15-17-34(23-35)55(67)82/h15-20,23-29,38,51H,8-14,21-22,32,66H2,1-7H3,(H2,67,82)(H,68,83)(H,69,84)(H,88,89,90)(H2,70,71,72,73,74). The van der Waals surface area contributed by atoms with Gasteiger partial charge in [-0.05, 0) is 96.0 Å². The minimum absolute atomic E-state index is 0.00247. The van der Waals surface area contributed by atoms with Gasteiger partial charge in [-0.25, -0.2) is 8.42 Å². The smallest absolute Gasteiger partial charge is 0.297 e. The van der Waals surface area contributed by atoms with Crippen molar-refractivity contribution in [1.82, 2.24) is 15.0 Å². The molecule has 1 saturated carbocycles. The van der Waals surface area contributed by atoms with E-state index in [9.17, 15) is 55.9 Å². The number of nitriles is 2. The third kappa shape index (κ3) is 15.9. The van der Waals surface area contributed by atoms with Gasteiger partial charge in [-0.3, -0.25) is 34.3 Å². The Morgan fingerprint density at radius 1 is 0.776 bits per heavy atom. The number of nitrogens with two attached hydrogens (primary N) is 2. The van der Waals surface area contributed by atoms with E-state index < -0.39 is 90.9 Å². The van der Waals surface area contributed by atoms with E-state index in [1.165, 1.54) is 68.4 Å². The van der Waals surface area contributed by atoms with E-state index in [0.717, 1.165) is 45.1 Å². The Bertz CT molecular complexity index is 4720.